The zero-order chi connectivity index (χ0) is 31.9. The van der Waals surface area contributed by atoms with Crippen molar-refractivity contribution in [3.8, 4) is 11.5 Å². The van der Waals surface area contributed by atoms with E-state index in [9.17, 15) is 13.2 Å². The molecule has 0 aliphatic heterocycles. The first-order valence-corrected chi connectivity index (χ1v) is 15.8. The van der Waals surface area contributed by atoms with Crippen molar-refractivity contribution in [3.63, 3.8) is 0 Å². The number of carbonyl (C=O) groups excluding carboxylic acids is 1. The lowest BCUT2D eigenvalue weighted by molar-refractivity contribution is 0.151. The van der Waals surface area contributed by atoms with Crippen LogP contribution < -0.4 is 29.3 Å². The molecule has 234 valence electrons. The first-order valence-electron chi connectivity index (χ1n) is 13.1. The average molecular weight is 664 g/mol. The maximum atomic E-state index is 15.7. The van der Waals surface area contributed by atoms with Gasteiger partial charge in [0.05, 0.1) is 49.4 Å². The maximum absolute atomic E-state index is 15.7. The molecule has 0 saturated carbocycles. The van der Waals surface area contributed by atoms with E-state index in [1.807, 2.05) is 17.0 Å². The summed E-state index contributed by atoms with van der Waals surface area (Å²) in [4.78, 5) is 16.8. The van der Waals surface area contributed by atoms with Crippen molar-refractivity contribution in [2.24, 2.45) is 0 Å². The summed E-state index contributed by atoms with van der Waals surface area (Å²) in [5, 5.41) is 7.22. The van der Waals surface area contributed by atoms with Gasteiger partial charge in [-0.3, -0.25) is 0 Å². The lowest BCUT2D eigenvalue weighted by Gasteiger charge is -2.24. The maximum Gasteiger partial charge on any atom is 0.406 e. The van der Waals surface area contributed by atoms with Crippen molar-refractivity contribution in [3.05, 3.63) is 82.6 Å². The molecule has 15 heteroatoms. The fourth-order valence-corrected chi connectivity index (χ4v) is 6.82. The van der Waals surface area contributed by atoms with Crippen molar-refractivity contribution in [2.45, 2.75) is 11.4 Å². The minimum Gasteiger partial charge on any atom is -0.497 e. The number of aromatic nitrogens is 1. The van der Waals surface area contributed by atoms with E-state index in [-0.39, 0.29) is 29.0 Å². The Bertz CT molecular complexity index is 1710. The Labute approximate surface area is 264 Å². The van der Waals surface area contributed by atoms with Gasteiger partial charge < -0.3 is 29.7 Å². The Hall–Kier alpha value is -4.27. The van der Waals surface area contributed by atoms with E-state index >= 15 is 4.39 Å². The number of amides is 1. The van der Waals surface area contributed by atoms with Gasteiger partial charge in [0.2, 0.25) is 0 Å². The number of ether oxygens (including phenoxy) is 3. The molecule has 2 N–H and O–H groups in total. The number of methoxy groups -OCH3 is 2. The van der Waals surface area contributed by atoms with E-state index in [1.54, 1.807) is 42.8 Å². The molecule has 3 aromatic carbocycles. The van der Waals surface area contributed by atoms with E-state index in [2.05, 4.69) is 15.6 Å². The zero-order valence-electron chi connectivity index (χ0n) is 24.3. The molecule has 11 nitrogen and oxygen atoms in total. The minimum atomic E-state index is -4.49. The van der Waals surface area contributed by atoms with Crippen LogP contribution in [-0.2, 0) is 21.3 Å². The van der Waals surface area contributed by atoms with Crippen LogP contribution in [0.4, 0.5) is 31.4 Å². The number of alkyl carbamates (subject to hydrolysis) is 1. The molecule has 0 aliphatic rings. The molecule has 44 heavy (non-hydrogen) atoms. The van der Waals surface area contributed by atoms with Crippen LogP contribution in [0.5, 0.6) is 11.5 Å². The highest BCUT2D eigenvalue weighted by atomic mass is 35.5. The number of hydrogen-bond acceptors (Lipinski definition) is 10. The molecule has 0 bridgehead atoms. The molecule has 1 heterocycles. The molecule has 0 atom stereocenters. The monoisotopic (exact) mass is 663 g/mol. The van der Waals surface area contributed by atoms with Gasteiger partial charge in [-0.15, -0.1) is 11.3 Å². The van der Waals surface area contributed by atoms with Gasteiger partial charge in [0.25, 0.3) is 10.0 Å². The van der Waals surface area contributed by atoms with E-state index in [4.69, 9.17) is 25.8 Å². The average Bonchev–Trinajstić information content (AvgIpc) is 3.55. The first kappa shape index (κ1) is 32.6. The number of thiazole rings is 1. The van der Waals surface area contributed by atoms with Crippen LogP contribution in [0.1, 0.15) is 5.56 Å². The van der Waals surface area contributed by atoms with Crippen LogP contribution >= 0.6 is 22.9 Å². The Morgan fingerprint density at radius 2 is 1.86 bits per heavy atom. The summed E-state index contributed by atoms with van der Waals surface area (Å²) in [7, 11) is 1.75. The zero-order valence-corrected chi connectivity index (χ0v) is 26.7. The molecule has 0 fully saturated rings. The number of benzene rings is 3. The number of nitrogens with zero attached hydrogens (tertiary/aromatic N) is 3. The highest BCUT2D eigenvalue weighted by Crippen LogP contribution is 2.37. The third kappa shape index (κ3) is 7.44. The summed E-state index contributed by atoms with van der Waals surface area (Å²) in [6.07, 6.45) is 0.919. The van der Waals surface area contributed by atoms with Gasteiger partial charge in [0, 0.05) is 43.4 Å². The lowest BCUT2D eigenvalue weighted by atomic mass is 10.2. The summed E-state index contributed by atoms with van der Waals surface area (Å²) in [5.41, 5.74) is 1.95. The van der Waals surface area contributed by atoms with Gasteiger partial charge in [-0.05, 0) is 30.3 Å². The first-order chi connectivity index (χ1) is 21.1. The van der Waals surface area contributed by atoms with E-state index in [1.165, 1.54) is 27.5 Å². The quantitative estimate of drug-likeness (QED) is 0.180. The van der Waals surface area contributed by atoms with Gasteiger partial charge in [-0.1, -0.05) is 23.7 Å². The van der Waals surface area contributed by atoms with Crippen LogP contribution in [0.2, 0.25) is 5.02 Å². The predicted octanol–water partition coefficient (Wildman–Crippen LogP) is 5.88. The van der Waals surface area contributed by atoms with Crippen molar-refractivity contribution in [2.75, 3.05) is 56.0 Å². The summed E-state index contributed by atoms with van der Waals surface area (Å²) in [6, 6.07) is 14.3. The van der Waals surface area contributed by atoms with E-state index in [0.717, 1.165) is 27.8 Å². The number of para-hydroxylation sites is 2. The number of nitrogens with one attached hydrogen (secondary N) is 2. The Morgan fingerprint density at radius 3 is 2.55 bits per heavy atom. The van der Waals surface area contributed by atoms with Gasteiger partial charge in [-0.2, -0.15) is 0 Å². The Kier molecular flexibility index (Phi) is 10.7. The van der Waals surface area contributed by atoms with Gasteiger partial charge in [0.15, 0.2) is 5.13 Å². The number of anilines is 4. The Balaban J connectivity index is 1.64. The molecule has 0 saturated heterocycles. The van der Waals surface area contributed by atoms with Crippen molar-refractivity contribution in [1.82, 2.24) is 10.3 Å². The third-order valence-electron chi connectivity index (χ3n) is 6.48. The summed E-state index contributed by atoms with van der Waals surface area (Å²) in [6.45, 7) is 0.310. The van der Waals surface area contributed by atoms with Gasteiger partial charge in [0.1, 0.15) is 28.8 Å². The Morgan fingerprint density at radius 1 is 1.09 bits per heavy atom. The van der Waals surface area contributed by atoms with Crippen LogP contribution in [0.3, 0.4) is 0 Å². The molecule has 4 aromatic rings. The molecule has 0 unspecified atom stereocenters. The number of carbonyl (C=O) groups is 1. The molecule has 0 aliphatic carbocycles. The number of likely N-dealkylation sites (N-methyl/N-ethyl adjacent to an activating group) is 1. The normalized spacial score (nSPS) is 11.0. The molecular formula is C29H31ClFN5O6S2. The largest absolute Gasteiger partial charge is 0.497 e. The van der Waals surface area contributed by atoms with Gasteiger partial charge >= 0.3 is 6.09 Å². The smallest absolute Gasteiger partial charge is 0.406 e. The van der Waals surface area contributed by atoms with Crippen molar-refractivity contribution in [1.29, 1.82) is 0 Å². The van der Waals surface area contributed by atoms with Crippen LogP contribution in [0.25, 0.3) is 0 Å². The van der Waals surface area contributed by atoms with Crippen LogP contribution in [-0.4, -0.2) is 61.0 Å². The SMILES string of the molecule is CNC(=O)OCCN(C)c1ccccc1Nc1cc(F)c(S(=O)(=O)N(Cc2ccc(OC)cc2OC)c2nccs2)cc1Cl. The standard InChI is InChI=1S/C29H31ClFN5O6S2/c1-32-29(37)42-13-12-35(2)25-8-6-5-7-23(25)34-24-17-22(31)27(16-21(24)30)44(38,39)36(28-33-11-14-43-28)18-19-9-10-20(40-3)15-26(19)41-4/h5-11,14-17,34H,12-13,18H2,1-4H3,(H,32,37). The molecule has 1 aromatic heterocycles. The fourth-order valence-electron chi connectivity index (χ4n) is 4.20. The number of halogens is 2. The molecule has 0 spiro atoms. The second-order valence-corrected chi connectivity index (χ2v) is 12.3. The fraction of sp³-hybridized carbons (Fsp3) is 0.241. The third-order valence-corrected chi connectivity index (χ3v) is 9.45. The topological polar surface area (TPSA) is 122 Å². The van der Waals surface area contributed by atoms with Crippen LogP contribution in [0.15, 0.2) is 71.1 Å². The number of rotatable bonds is 13. The van der Waals surface area contributed by atoms with E-state index in [0.29, 0.717) is 35.0 Å². The summed E-state index contributed by atoms with van der Waals surface area (Å²) >= 11 is 7.64. The highest BCUT2D eigenvalue weighted by molar-refractivity contribution is 7.93. The molecule has 0 radical (unpaired) electrons. The molecule has 1 amide bonds. The van der Waals surface area contributed by atoms with Crippen LogP contribution in [0, 0.1) is 5.82 Å². The molecule has 4 rings (SSSR count). The summed E-state index contributed by atoms with van der Waals surface area (Å²) in [5.74, 6) is -0.0897. The van der Waals surface area contributed by atoms with E-state index < -0.39 is 26.8 Å². The lowest BCUT2D eigenvalue weighted by Crippen LogP contribution is -2.31. The summed E-state index contributed by atoms with van der Waals surface area (Å²) < 4.78 is 60.4. The van der Waals surface area contributed by atoms with Crippen molar-refractivity contribution >= 4 is 61.2 Å². The second-order valence-electron chi connectivity index (χ2n) is 9.22. The minimum absolute atomic E-state index is 0.0218. The van der Waals surface area contributed by atoms with Gasteiger partial charge in [-0.25, -0.2) is 26.9 Å². The molecular weight excluding hydrogens is 633 g/mol. The number of hydrogen-bond donors (Lipinski definition) is 2. The number of sulfonamides is 1. The predicted molar refractivity (Wildman–Crippen MR) is 170 cm³/mol. The second kappa shape index (κ2) is 14.5. The highest BCUT2D eigenvalue weighted by Gasteiger charge is 2.32. The van der Waals surface area contributed by atoms with Crippen molar-refractivity contribution < 1.29 is 31.8 Å².